The van der Waals surface area contributed by atoms with Gasteiger partial charge in [0, 0.05) is 30.4 Å². The first-order valence-corrected chi connectivity index (χ1v) is 10.9. The average Bonchev–Trinajstić information content (AvgIpc) is 2.89. The second-order valence-electron chi connectivity index (χ2n) is 7.65. The fourth-order valence-corrected chi connectivity index (χ4v) is 3.66. The molecule has 2 heterocycles. The molecule has 0 unspecified atom stereocenters. The summed E-state index contributed by atoms with van der Waals surface area (Å²) in [5, 5.41) is 6.80. The van der Waals surface area contributed by atoms with Crippen molar-refractivity contribution in [2.45, 2.75) is 0 Å². The minimum atomic E-state index is -0.266. The van der Waals surface area contributed by atoms with Gasteiger partial charge in [-0.1, -0.05) is 48.5 Å². The standard InChI is InChI=1S/C28H22N4O2/c1-29-28(33)25-18-22(16-17-30-25)34-26-9-5-8-24-23(26)14-15-27(32-24)31-21-12-10-20(11-13-21)19-6-3-2-4-7-19/h2-18H,1H3,(H,29,33)(H,31,32). The number of anilines is 2. The highest BCUT2D eigenvalue weighted by Gasteiger charge is 2.10. The van der Waals surface area contributed by atoms with Crippen LogP contribution in [0, 0.1) is 0 Å². The number of hydrogen-bond acceptors (Lipinski definition) is 5. The van der Waals surface area contributed by atoms with Gasteiger partial charge in [0.25, 0.3) is 5.91 Å². The molecule has 0 atom stereocenters. The zero-order valence-electron chi connectivity index (χ0n) is 18.5. The Bertz CT molecular complexity index is 1450. The van der Waals surface area contributed by atoms with Crippen LogP contribution < -0.4 is 15.4 Å². The number of rotatable bonds is 6. The Balaban J connectivity index is 1.36. The Morgan fingerprint density at radius 2 is 1.62 bits per heavy atom. The lowest BCUT2D eigenvalue weighted by Crippen LogP contribution is -2.18. The van der Waals surface area contributed by atoms with E-state index in [4.69, 9.17) is 9.72 Å². The van der Waals surface area contributed by atoms with Crippen LogP contribution in [0.2, 0.25) is 0 Å². The van der Waals surface area contributed by atoms with Gasteiger partial charge >= 0.3 is 0 Å². The largest absolute Gasteiger partial charge is 0.457 e. The molecule has 0 aliphatic rings. The van der Waals surface area contributed by atoms with Crippen LogP contribution in [0.3, 0.4) is 0 Å². The maximum Gasteiger partial charge on any atom is 0.269 e. The van der Waals surface area contributed by atoms with E-state index in [2.05, 4.69) is 39.9 Å². The Labute approximate surface area is 197 Å². The number of aromatic nitrogens is 2. The fourth-order valence-electron chi connectivity index (χ4n) is 3.66. The Morgan fingerprint density at radius 3 is 2.41 bits per heavy atom. The highest BCUT2D eigenvalue weighted by Crippen LogP contribution is 2.31. The number of benzene rings is 3. The van der Waals surface area contributed by atoms with Crippen molar-refractivity contribution < 1.29 is 9.53 Å². The lowest BCUT2D eigenvalue weighted by atomic mass is 10.1. The summed E-state index contributed by atoms with van der Waals surface area (Å²) < 4.78 is 6.06. The first kappa shape index (κ1) is 21.2. The molecule has 166 valence electrons. The zero-order valence-corrected chi connectivity index (χ0v) is 18.5. The van der Waals surface area contributed by atoms with E-state index in [0.717, 1.165) is 28.0 Å². The monoisotopic (exact) mass is 446 g/mol. The van der Waals surface area contributed by atoms with Crippen LogP contribution in [0.15, 0.2) is 103 Å². The summed E-state index contributed by atoms with van der Waals surface area (Å²) in [6.07, 6.45) is 1.55. The molecule has 0 fully saturated rings. The summed E-state index contributed by atoms with van der Waals surface area (Å²) >= 11 is 0. The predicted molar refractivity (Wildman–Crippen MR) is 135 cm³/mol. The minimum absolute atomic E-state index is 0.266. The highest BCUT2D eigenvalue weighted by atomic mass is 16.5. The number of ether oxygens (including phenoxy) is 1. The predicted octanol–water partition coefficient (Wildman–Crippen LogP) is 6.19. The number of hydrogen-bond donors (Lipinski definition) is 2. The van der Waals surface area contributed by atoms with E-state index >= 15 is 0 Å². The smallest absolute Gasteiger partial charge is 0.269 e. The van der Waals surface area contributed by atoms with Gasteiger partial charge in [0.05, 0.1) is 5.52 Å². The minimum Gasteiger partial charge on any atom is -0.457 e. The van der Waals surface area contributed by atoms with E-state index in [1.54, 1.807) is 25.4 Å². The summed E-state index contributed by atoms with van der Waals surface area (Å²) in [7, 11) is 1.57. The van der Waals surface area contributed by atoms with Gasteiger partial charge in [-0.15, -0.1) is 0 Å². The van der Waals surface area contributed by atoms with E-state index in [1.807, 2.05) is 60.7 Å². The molecule has 3 aromatic carbocycles. The van der Waals surface area contributed by atoms with Gasteiger partial charge in [-0.05, 0) is 53.6 Å². The molecule has 0 radical (unpaired) electrons. The van der Waals surface area contributed by atoms with Crippen molar-refractivity contribution >= 4 is 28.3 Å². The Kier molecular flexibility index (Phi) is 5.86. The second-order valence-corrected chi connectivity index (χ2v) is 7.65. The van der Waals surface area contributed by atoms with Crippen LogP contribution in [0.1, 0.15) is 10.5 Å². The maximum atomic E-state index is 11.9. The molecule has 1 amide bonds. The van der Waals surface area contributed by atoms with E-state index in [0.29, 0.717) is 17.2 Å². The first-order valence-electron chi connectivity index (χ1n) is 10.9. The molecule has 2 aromatic heterocycles. The van der Waals surface area contributed by atoms with Gasteiger partial charge < -0.3 is 15.4 Å². The molecule has 0 saturated heterocycles. The maximum absolute atomic E-state index is 11.9. The number of amides is 1. The molecule has 0 spiro atoms. The third-order valence-corrected chi connectivity index (χ3v) is 5.38. The van der Waals surface area contributed by atoms with Crippen molar-refractivity contribution in [2.24, 2.45) is 0 Å². The molecule has 6 nitrogen and oxygen atoms in total. The fraction of sp³-hybridized carbons (Fsp3) is 0.0357. The van der Waals surface area contributed by atoms with Gasteiger partial charge in [0.15, 0.2) is 0 Å². The Hall–Kier alpha value is -4.71. The van der Waals surface area contributed by atoms with Crippen molar-refractivity contribution in [1.82, 2.24) is 15.3 Å². The summed E-state index contributed by atoms with van der Waals surface area (Å²) in [6, 6.07) is 31.5. The quantitative estimate of drug-likeness (QED) is 0.325. The van der Waals surface area contributed by atoms with Crippen molar-refractivity contribution in [3.05, 3.63) is 109 Å². The molecule has 0 saturated carbocycles. The second kappa shape index (κ2) is 9.42. The van der Waals surface area contributed by atoms with Crippen LogP contribution in [0.4, 0.5) is 11.5 Å². The van der Waals surface area contributed by atoms with Crippen molar-refractivity contribution in [3.8, 4) is 22.6 Å². The van der Waals surface area contributed by atoms with Crippen molar-refractivity contribution in [2.75, 3.05) is 12.4 Å². The van der Waals surface area contributed by atoms with Crippen LogP contribution in [0.5, 0.6) is 11.5 Å². The van der Waals surface area contributed by atoms with Crippen LogP contribution >= 0.6 is 0 Å². The molecule has 0 bridgehead atoms. The first-order chi connectivity index (χ1) is 16.7. The van der Waals surface area contributed by atoms with Gasteiger partial charge in [-0.3, -0.25) is 9.78 Å². The molecule has 6 heteroatoms. The highest BCUT2D eigenvalue weighted by molar-refractivity contribution is 5.92. The molecule has 2 N–H and O–H groups in total. The normalized spacial score (nSPS) is 10.6. The third kappa shape index (κ3) is 4.56. The summed E-state index contributed by atoms with van der Waals surface area (Å²) in [5.74, 6) is 1.65. The molecule has 34 heavy (non-hydrogen) atoms. The summed E-state index contributed by atoms with van der Waals surface area (Å²) in [6.45, 7) is 0. The number of pyridine rings is 2. The Morgan fingerprint density at radius 1 is 0.824 bits per heavy atom. The van der Waals surface area contributed by atoms with Crippen LogP contribution in [-0.4, -0.2) is 22.9 Å². The lowest BCUT2D eigenvalue weighted by Gasteiger charge is -2.11. The van der Waals surface area contributed by atoms with Gasteiger partial charge in [-0.25, -0.2) is 4.98 Å². The van der Waals surface area contributed by atoms with Crippen molar-refractivity contribution in [1.29, 1.82) is 0 Å². The number of fused-ring (bicyclic) bond motifs is 1. The summed E-state index contributed by atoms with van der Waals surface area (Å²) in [5.41, 5.74) is 4.39. The van der Waals surface area contributed by atoms with E-state index in [-0.39, 0.29) is 5.91 Å². The molecule has 5 aromatic rings. The van der Waals surface area contributed by atoms with Crippen LogP contribution in [-0.2, 0) is 0 Å². The number of carbonyl (C=O) groups is 1. The number of nitrogens with one attached hydrogen (secondary N) is 2. The van der Waals surface area contributed by atoms with Gasteiger partial charge in [0.2, 0.25) is 0 Å². The van der Waals surface area contributed by atoms with Crippen molar-refractivity contribution in [3.63, 3.8) is 0 Å². The number of carbonyl (C=O) groups excluding carboxylic acids is 1. The van der Waals surface area contributed by atoms with E-state index in [1.165, 1.54) is 5.56 Å². The zero-order chi connectivity index (χ0) is 23.3. The average molecular weight is 447 g/mol. The van der Waals surface area contributed by atoms with Crippen LogP contribution in [0.25, 0.3) is 22.0 Å². The molecule has 5 rings (SSSR count). The topological polar surface area (TPSA) is 76.1 Å². The molecule has 0 aliphatic carbocycles. The molecule has 0 aliphatic heterocycles. The lowest BCUT2D eigenvalue weighted by molar-refractivity contribution is 0.0958. The van der Waals surface area contributed by atoms with E-state index in [9.17, 15) is 4.79 Å². The molecular formula is C28H22N4O2. The summed E-state index contributed by atoms with van der Waals surface area (Å²) in [4.78, 5) is 20.7. The van der Waals surface area contributed by atoms with E-state index < -0.39 is 0 Å². The number of nitrogens with zero attached hydrogens (tertiary/aromatic N) is 2. The molecular weight excluding hydrogens is 424 g/mol. The van der Waals surface area contributed by atoms with Gasteiger partial charge in [-0.2, -0.15) is 0 Å². The SMILES string of the molecule is CNC(=O)c1cc(Oc2cccc3nc(Nc4ccc(-c5ccccc5)cc4)ccc23)ccn1. The van der Waals surface area contributed by atoms with Gasteiger partial charge in [0.1, 0.15) is 23.0 Å². The third-order valence-electron chi connectivity index (χ3n) is 5.38.